The molecule has 8 nitrogen and oxygen atoms in total. The van der Waals surface area contributed by atoms with E-state index in [0.29, 0.717) is 57.4 Å². The first kappa shape index (κ1) is 36.1. The molecule has 0 radical (unpaired) electrons. The van der Waals surface area contributed by atoms with Crippen molar-refractivity contribution in [1.82, 2.24) is 14.5 Å². The molecule has 0 bridgehead atoms. The Morgan fingerprint density at radius 2 is 1.69 bits per heavy atom. The third-order valence-electron chi connectivity index (χ3n) is 8.97. The third-order valence-corrected chi connectivity index (χ3v) is 10.2. The van der Waals surface area contributed by atoms with Crippen LogP contribution in [0.15, 0.2) is 40.7 Å². The van der Waals surface area contributed by atoms with Gasteiger partial charge in [0.05, 0.1) is 10.6 Å². The van der Waals surface area contributed by atoms with Gasteiger partial charge in [0.15, 0.2) is 6.61 Å². The largest absolute Gasteiger partial charge is 0.485 e. The number of rotatable bonds is 8. The highest BCUT2D eigenvalue weighted by Gasteiger charge is 2.58. The number of piperidine rings is 2. The number of aliphatic imine (C=N–C) groups is 1. The lowest BCUT2D eigenvalue weighted by Crippen LogP contribution is -2.47. The Morgan fingerprint density at radius 3 is 2.29 bits per heavy atom. The lowest BCUT2D eigenvalue weighted by Gasteiger charge is -2.36. The summed E-state index contributed by atoms with van der Waals surface area (Å²) in [5.41, 5.74) is 2.04. The van der Waals surface area contributed by atoms with E-state index in [0.717, 1.165) is 16.7 Å². The molecule has 0 saturated carbocycles. The number of ether oxygens (including phenoxy) is 1. The lowest BCUT2D eigenvalue weighted by atomic mass is 9.89. The summed E-state index contributed by atoms with van der Waals surface area (Å²) in [4.78, 5) is 32.6. The van der Waals surface area contributed by atoms with E-state index in [1.165, 1.54) is 30.1 Å². The lowest BCUT2D eigenvalue weighted by molar-refractivity contribution is -0.290. The van der Waals surface area contributed by atoms with Gasteiger partial charge in [0.2, 0.25) is 0 Å². The number of amidine groups is 1. The number of amides is 2. The van der Waals surface area contributed by atoms with Crippen LogP contribution in [-0.2, 0) is 4.79 Å². The number of hydrogen-bond donors (Lipinski definition) is 2. The number of alkyl halides is 5. The fourth-order valence-corrected chi connectivity index (χ4v) is 6.82. The van der Waals surface area contributed by atoms with Gasteiger partial charge in [0.25, 0.3) is 11.8 Å². The van der Waals surface area contributed by atoms with Crippen molar-refractivity contribution < 1.29 is 41.4 Å². The summed E-state index contributed by atoms with van der Waals surface area (Å²) in [6.07, 6.45) is -1.88. The van der Waals surface area contributed by atoms with Crippen LogP contribution in [0.2, 0.25) is 5.02 Å². The molecule has 48 heavy (non-hydrogen) atoms. The van der Waals surface area contributed by atoms with E-state index in [2.05, 4.69) is 14.6 Å². The zero-order valence-corrected chi connectivity index (χ0v) is 28.2. The number of halogens is 6. The van der Waals surface area contributed by atoms with Gasteiger partial charge in [0, 0.05) is 37.3 Å². The molecule has 2 saturated heterocycles. The van der Waals surface area contributed by atoms with Gasteiger partial charge in [-0.15, -0.1) is 0 Å². The van der Waals surface area contributed by atoms with E-state index in [4.69, 9.17) is 16.3 Å². The van der Waals surface area contributed by atoms with Crippen LogP contribution in [-0.4, -0.2) is 88.0 Å². The van der Waals surface area contributed by atoms with Crippen molar-refractivity contribution in [2.45, 2.75) is 69.7 Å². The number of nitrogens with one attached hydrogen (secondary N) is 1. The molecule has 3 aliphatic heterocycles. The van der Waals surface area contributed by atoms with Gasteiger partial charge in [-0.1, -0.05) is 23.5 Å². The SMILES string of the molecule is Cc1cc(C(=O)N2CCC(C)(O)CC2)cc(C)c1/C=C/SN1CCC2(CC1)N=C(c1ccc(Cl)c(OCC(F)(F)C(F)(F)F)c1)NC2=O. The maximum Gasteiger partial charge on any atom is 0.456 e. The number of likely N-dealkylation sites (tertiary alicyclic amines) is 1. The summed E-state index contributed by atoms with van der Waals surface area (Å²) >= 11 is 7.47. The van der Waals surface area contributed by atoms with Crippen molar-refractivity contribution >= 4 is 47.3 Å². The molecule has 2 fully saturated rings. The van der Waals surface area contributed by atoms with Crippen LogP contribution < -0.4 is 10.1 Å². The van der Waals surface area contributed by atoms with Crippen LogP contribution >= 0.6 is 23.5 Å². The number of carbonyl (C=O) groups is 2. The minimum absolute atomic E-state index is 0.0407. The molecule has 2 aromatic carbocycles. The van der Waals surface area contributed by atoms with E-state index >= 15 is 0 Å². The van der Waals surface area contributed by atoms with E-state index in [-0.39, 0.29) is 28.2 Å². The molecule has 3 heterocycles. The Morgan fingerprint density at radius 1 is 1.06 bits per heavy atom. The van der Waals surface area contributed by atoms with Gasteiger partial charge in [-0.25, -0.2) is 4.31 Å². The van der Waals surface area contributed by atoms with E-state index < -0.39 is 35.6 Å². The molecular formula is C33H36ClF5N4O4S. The van der Waals surface area contributed by atoms with Crippen LogP contribution in [0, 0.1) is 13.8 Å². The van der Waals surface area contributed by atoms with Crippen molar-refractivity contribution in [2.75, 3.05) is 32.8 Å². The molecule has 2 aromatic rings. The summed E-state index contributed by atoms with van der Waals surface area (Å²) in [7, 11) is 0. The topological polar surface area (TPSA) is 94.5 Å². The van der Waals surface area contributed by atoms with Gasteiger partial charge in [-0.2, -0.15) is 22.0 Å². The second kappa shape index (κ2) is 13.6. The molecule has 5 rings (SSSR count). The average molecular weight is 715 g/mol. The highest BCUT2D eigenvalue weighted by atomic mass is 35.5. The van der Waals surface area contributed by atoms with Gasteiger partial charge >= 0.3 is 12.1 Å². The standard InChI is InChI=1S/C33H36ClF5N4O4S/c1-20-16-23(28(44)42-11-7-30(3,46)8-12-42)17-21(2)24(20)6-15-48-43-13-9-31(10-14-43)29(45)40-27(41-31)22-4-5-25(34)26(18-22)47-19-32(35,36)33(37,38)39/h4-6,15-18,46H,7-14,19H2,1-3H3,(H,40,41,45)/b15-6+. The summed E-state index contributed by atoms with van der Waals surface area (Å²) in [6, 6.07) is 7.70. The van der Waals surface area contributed by atoms with Crippen LogP contribution in [0.1, 0.15) is 65.2 Å². The Bertz CT molecular complexity index is 1610. The molecule has 1 spiro atoms. The first-order valence-electron chi connectivity index (χ1n) is 15.4. The molecule has 3 aliphatic rings. The van der Waals surface area contributed by atoms with Crippen LogP contribution in [0.4, 0.5) is 22.0 Å². The Labute approximate surface area is 284 Å². The predicted molar refractivity (Wildman–Crippen MR) is 174 cm³/mol. The quantitative estimate of drug-likeness (QED) is 0.238. The minimum Gasteiger partial charge on any atom is -0.485 e. The number of nitrogens with zero attached hydrogens (tertiary/aromatic N) is 3. The normalized spacial score (nSPS) is 19.9. The van der Waals surface area contributed by atoms with Gasteiger partial charge in [-0.05, 0) is 105 Å². The first-order valence-corrected chi connectivity index (χ1v) is 16.6. The number of aliphatic hydroxyl groups is 1. The molecular weight excluding hydrogens is 679 g/mol. The Hall–Kier alpha value is -3.20. The second-order valence-electron chi connectivity index (χ2n) is 12.7. The van der Waals surface area contributed by atoms with Gasteiger partial charge in [0.1, 0.15) is 17.1 Å². The molecule has 0 unspecified atom stereocenters. The maximum atomic E-state index is 13.4. The smallest absolute Gasteiger partial charge is 0.456 e. The molecule has 0 atom stereocenters. The number of carbonyl (C=O) groups excluding carboxylic acids is 2. The van der Waals surface area contributed by atoms with Crippen LogP contribution in [0.5, 0.6) is 5.75 Å². The summed E-state index contributed by atoms with van der Waals surface area (Å²) in [5.74, 6) is -5.67. The fourth-order valence-electron chi connectivity index (χ4n) is 5.88. The highest BCUT2D eigenvalue weighted by molar-refractivity contribution is 8.00. The van der Waals surface area contributed by atoms with E-state index in [1.54, 1.807) is 11.8 Å². The molecule has 260 valence electrons. The first-order chi connectivity index (χ1) is 22.4. The summed E-state index contributed by atoms with van der Waals surface area (Å²) in [5, 5.41) is 14.7. The zero-order chi connectivity index (χ0) is 35.1. The van der Waals surface area contributed by atoms with Gasteiger partial charge < -0.3 is 20.1 Å². The second-order valence-corrected chi connectivity index (χ2v) is 14.1. The van der Waals surface area contributed by atoms with Crippen molar-refractivity contribution in [2.24, 2.45) is 4.99 Å². The fraction of sp³-hybridized carbons (Fsp3) is 0.485. The summed E-state index contributed by atoms with van der Waals surface area (Å²) < 4.78 is 71.3. The monoisotopic (exact) mass is 714 g/mol. The van der Waals surface area contributed by atoms with Crippen molar-refractivity contribution in [3.05, 3.63) is 68.6 Å². The number of benzene rings is 2. The summed E-state index contributed by atoms with van der Waals surface area (Å²) in [6.45, 7) is 5.87. The molecule has 0 aromatic heterocycles. The van der Waals surface area contributed by atoms with Gasteiger partial charge in [-0.3, -0.25) is 14.6 Å². The van der Waals surface area contributed by atoms with Crippen molar-refractivity contribution in [3.63, 3.8) is 0 Å². The number of hydrogen-bond acceptors (Lipinski definition) is 7. The third kappa shape index (κ3) is 7.82. The maximum absolute atomic E-state index is 13.4. The molecule has 15 heteroatoms. The van der Waals surface area contributed by atoms with E-state index in [1.807, 2.05) is 37.5 Å². The molecule has 2 N–H and O–H groups in total. The van der Waals surface area contributed by atoms with Crippen molar-refractivity contribution in [3.8, 4) is 5.75 Å². The zero-order valence-electron chi connectivity index (χ0n) is 26.6. The Kier molecular flexibility index (Phi) is 10.2. The van der Waals surface area contributed by atoms with Crippen LogP contribution in [0.25, 0.3) is 6.08 Å². The molecule has 0 aliphatic carbocycles. The predicted octanol–water partition coefficient (Wildman–Crippen LogP) is 6.55. The van der Waals surface area contributed by atoms with E-state index in [9.17, 15) is 36.6 Å². The Balaban J connectivity index is 1.18. The average Bonchev–Trinajstić information content (AvgIpc) is 3.33. The molecule has 2 amide bonds. The number of aryl methyl sites for hydroxylation is 2. The minimum atomic E-state index is -5.78. The highest BCUT2D eigenvalue weighted by Crippen LogP contribution is 2.38. The van der Waals surface area contributed by atoms with Crippen LogP contribution in [0.3, 0.4) is 0 Å². The van der Waals surface area contributed by atoms with Crippen molar-refractivity contribution in [1.29, 1.82) is 0 Å².